The van der Waals surface area contributed by atoms with E-state index in [1.165, 1.54) is 6.07 Å². The van der Waals surface area contributed by atoms with Crippen LogP contribution >= 0.6 is 15.9 Å². The summed E-state index contributed by atoms with van der Waals surface area (Å²) in [6.07, 6.45) is 0. The molecule has 20 heavy (non-hydrogen) atoms. The zero-order valence-corrected chi connectivity index (χ0v) is 12.3. The minimum absolute atomic E-state index is 0.376. The van der Waals surface area contributed by atoms with Gasteiger partial charge in [-0.2, -0.15) is 0 Å². The van der Waals surface area contributed by atoms with Crippen LogP contribution in [0.3, 0.4) is 0 Å². The van der Waals surface area contributed by atoms with Crippen LogP contribution in [0.1, 0.15) is 17.2 Å². The molecule has 2 aromatic rings. The summed E-state index contributed by atoms with van der Waals surface area (Å²) < 4.78 is 14.4. The van der Waals surface area contributed by atoms with Crippen LogP contribution in [-0.4, -0.2) is 11.1 Å². The van der Waals surface area contributed by atoms with Crippen molar-refractivity contribution in [3.63, 3.8) is 0 Å². The van der Waals surface area contributed by atoms with Crippen molar-refractivity contribution >= 4 is 27.6 Å². The van der Waals surface area contributed by atoms with Crippen LogP contribution < -0.4 is 5.32 Å². The fourth-order valence-electron chi connectivity index (χ4n) is 1.82. The lowest BCUT2D eigenvalue weighted by molar-refractivity contribution is -0.138. The molecular formula is C15H13BrFNO2. The van der Waals surface area contributed by atoms with Crippen LogP contribution in [0, 0.1) is 12.7 Å². The number of carboxylic acid groups (broad SMARTS) is 1. The molecule has 1 atom stereocenters. The molecule has 0 aromatic heterocycles. The van der Waals surface area contributed by atoms with Crippen molar-refractivity contribution in [3.8, 4) is 0 Å². The average molecular weight is 338 g/mol. The fraction of sp³-hybridized carbons (Fsp3) is 0.133. The molecule has 5 heteroatoms. The van der Waals surface area contributed by atoms with Gasteiger partial charge >= 0.3 is 5.97 Å². The normalized spacial score (nSPS) is 11.9. The standard InChI is InChI=1S/C15H13BrFNO2/c1-9-5-6-10(7-13(9)17)14(15(19)20)18-12-4-2-3-11(16)8-12/h2-8,14,18H,1H3,(H,19,20). The monoisotopic (exact) mass is 337 g/mol. The minimum Gasteiger partial charge on any atom is -0.479 e. The first kappa shape index (κ1) is 14.5. The van der Waals surface area contributed by atoms with E-state index in [1.807, 2.05) is 6.07 Å². The second kappa shape index (κ2) is 6.05. The van der Waals surface area contributed by atoms with Crippen LogP contribution in [0.5, 0.6) is 0 Å². The minimum atomic E-state index is -1.06. The Morgan fingerprint density at radius 2 is 2.05 bits per heavy atom. The van der Waals surface area contributed by atoms with Crippen molar-refractivity contribution in [3.05, 3.63) is 63.9 Å². The first-order valence-corrected chi connectivity index (χ1v) is 6.77. The molecule has 0 radical (unpaired) electrons. The van der Waals surface area contributed by atoms with Crippen molar-refractivity contribution in [2.24, 2.45) is 0 Å². The summed E-state index contributed by atoms with van der Waals surface area (Å²) in [5.74, 6) is -1.47. The Morgan fingerprint density at radius 1 is 1.30 bits per heavy atom. The number of nitrogens with one attached hydrogen (secondary N) is 1. The number of carbonyl (C=O) groups is 1. The van der Waals surface area contributed by atoms with Gasteiger partial charge in [0.2, 0.25) is 0 Å². The van der Waals surface area contributed by atoms with Gasteiger partial charge in [0.15, 0.2) is 6.04 Å². The number of halogens is 2. The Balaban J connectivity index is 2.32. The van der Waals surface area contributed by atoms with E-state index in [1.54, 1.807) is 37.3 Å². The highest BCUT2D eigenvalue weighted by Crippen LogP contribution is 2.24. The topological polar surface area (TPSA) is 49.3 Å². The molecule has 0 aliphatic carbocycles. The Kier molecular flexibility index (Phi) is 4.39. The highest BCUT2D eigenvalue weighted by molar-refractivity contribution is 9.10. The van der Waals surface area contributed by atoms with Gasteiger partial charge in [-0.15, -0.1) is 0 Å². The largest absolute Gasteiger partial charge is 0.479 e. The van der Waals surface area contributed by atoms with E-state index in [2.05, 4.69) is 21.2 Å². The van der Waals surface area contributed by atoms with Crippen molar-refractivity contribution in [2.75, 3.05) is 5.32 Å². The number of anilines is 1. The molecule has 0 heterocycles. The molecule has 0 fully saturated rings. The SMILES string of the molecule is Cc1ccc(C(Nc2cccc(Br)c2)C(=O)O)cc1F. The van der Waals surface area contributed by atoms with E-state index >= 15 is 0 Å². The predicted octanol–water partition coefficient (Wildman–Crippen LogP) is 4.13. The summed E-state index contributed by atoms with van der Waals surface area (Å²) in [7, 11) is 0. The average Bonchev–Trinajstić information content (AvgIpc) is 2.39. The van der Waals surface area contributed by atoms with E-state index in [9.17, 15) is 14.3 Å². The summed E-state index contributed by atoms with van der Waals surface area (Å²) in [6, 6.07) is 10.6. The highest BCUT2D eigenvalue weighted by Gasteiger charge is 2.20. The van der Waals surface area contributed by atoms with Crippen molar-refractivity contribution < 1.29 is 14.3 Å². The third-order valence-corrected chi connectivity index (χ3v) is 3.41. The molecule has 0 spiro atoms. The lowest BCUT2D eigenvalue weighted by Gasteiger charge is -2.17. The quantitative estimate of drug-likeness (QED) is 0.881. The van der Waals surface area contributed by atoms with E-state index in [0.717, 1.165) is 4.47 Å². The summed E-state index contributed by atoms with van der Waals surface area (Å²) in [5, 5.41) is 12.2. The van der Waals surface area contributed by atoms with Crippen LogP contribution in [0.15, 0.2) is 46.9 Å². The third kappa shape index (κ3) is 3.36. The summed E-state index contributed by atoms with van der Waals surface area (Å²) in [5.41, 5.74) is 1.51. The Hall–Kier alpha value is -1.88. The zero-order chi connectivity index (χ0) is 14.7. The van der Waals surface area contributed by atoms with E-state index < -0.39 is 17.8 Å². The molecule has 0 saturated carbocycles. The van der Waals surface area contributed by atoms with Crippen molar-refractivity contribution in [1.29, 1.82) is 0 Å². The molecule has 0 bridgehead atoms. The predicted molar refractivity (Wildman–Crippen MR) is 79.3 cm³/mol. The number of hydrogen-bond donors (Lipinski definition) is 2. The van der Waals surface area contributed by atoms with E-state index in [4.69, 9.17) is 0 Å². The molecule has 3 nitrogen and oxygen atoms in total. The van der Waals surface area contributed by atoms with Crippen molar-refractivity contribution in [1.82, 2.24) is 0 Å². The van der Waals surface area contributed by atoms with Gasteiger partial charge in [0.25, 0.3) is 0 Å². The summed E-state index contributed by atoms with van der Waals surface area (Å²) in [4.78, 5) is 11.4. The molecule has 2 aromatic carbocycles. The first-order chi connectivity index (χ1) is 9.47. The molecule has 0 amide bonds. The lowest BCUT2D eigenvalue weighted by atomic mass is 10.0. The Morgan fingerprint density at radius 3 is 2.65 bits per heavy atom. The van der Waals surface area contributed by atoms with Crippen LogP contribution in [-0.2, 0) is 4.79 Å². The third-order valence-electron chi connectivity index (χ3n) is 2.91. The maximum absolute atomic E-state index is 13.6. The molecule has 0 saturated heterocycles. The van der Waals surface area contributed by atoms with Gasteiger partial charge in [0.1, 0.15) is 5.82 Å². The summed E-state index contributed by atoms with van der Waals surface area (Å²) in [6.45, 7) is 1.64. The Bertz CT molecular complexity index is 646. The fourth-order valence-corrected chi connectivity index (χ4v) is 2.22. The van der Waals surface area contributed by atoms with E-state index in [-0.39, 0.29) is 0 Å². The molecule has 0 aliphatic heterocycles. The van der Waals surface area contributed by atoms with Gasteiger partial charge < -0.3 is 10.4 Å². The van der Waals surface area contributed by atoms with Gasteiger partial charge in [-0.1, -0.05) is 34.1 Å². The molecule has 2 N–H and O–H groups in total. The number of rotatable bonds is 4. The van der Waals surface area contributed by atoms with Gasteiger partial charge in [-0.05, 0) is 42.3 Å². The van der Waals surface area contributed by atoms with Crippen LogP contribution in [0.2, 0.25) is 0 Å². The number of benzene rings is 2. The number of aryl methyl sites for hydroxylation is 1. The smallest absolute Gasteiger partial charge is 0.330 e. The Labute approximate surface area is 124 Å². The number of carboxylic acids is 1. The summed E-state index contributed by atoms with van der Waals surface area (Å²) >= 11 is 3.32. The zero-order valence-electron chi connectivity index (χ0n) is 10.7. The van der Waals surface area contributed by atoms with Crippen LogP contribution in [0.4, 0.5) is 10.1 Å². The molecular weight excluding hydrogens is 325 g/mol. The van der Waals surface area contributed by atoms with Crippen molar-refractivity contribution in [2.45, 2.75) is 13.0 Å². The maximum atomic E-state index is 13.6. The number of aliphatic carboxylic acids is 1. The second-order valence-corrected chi connectivity index (χ2v) is 5.35. The maximum Gasteiger partial charge on any atom is 0.330 e. The first-order valence-electron chi connectivity index (χ1n) is 5.98. The van der Waals surface area contributed by atoms with Gasteiger partial charge in [-0.3, -0.25) is 0 Å². The highest BCUT2D eigenvalue weighted by atomic mass is 79.9. The van der Waals surface area contributed by atoms with E-state index in [0.29, 0.717) is 16.8 Å². The van der Waals surface area contributed by atoms with Gasteiger partial charge in [0, 0.05) is 10.2 Å². The van der Waals surface area contributed by atoms with Gasteiger partial charge in [-0.25, -0.2) is 9.18 Å². The molecule has 104 valence electrons. The second-order valence-electron chi connectivity index (χ2n) is 4.43. The molecule has 0 aliphatic rings. The molecule has 2 rings (SSSR count). The van der Waals surface area contributed by atoms with Crippen LogP contribution in [0.25, 0.3) is 0 Å². The lowest BCUT2D eigenvalue weighted by Crippen LogP contribution is -2.20. The van der Waals surface area contributed by atoms with Gasteiger partial charge in [0.05, 0.1) is 0 Å². The molecule has 1 unspecified atom stereocenters. The number of hydrogen-bond acceptors (Lipinski definition) is 2.